The van der Waals surface area contributed by atoms with E-state index in [9.17, 15) is 17.6 Å². The molecule has 0 aliphatic heterocycles. The van der Waals surface area contributed by atoms with E-state index in [1.165, 1.54) is 44.6 Å². The zero-order valence-electron chi connectivity index (χ0n) is 18.5. The molecule has 1 fully saturated rings. The van der Waals surface area contributed by atoms with Crippen LogP contribution in [0.4, 0.5) is 17.6 Å². The molecule has 0 heterocycles. The summed E-state index contributed by atoms with van der Waals surface area (Å²) in [4.78, 5) is 0. The molecule has 2 unspecified atom stereocenters. The van der Waals surface area contributed by atoms with Gasteiger partial charge in [-0.1, -0.05) is 44.8 Å². The van der Waals surface area contributed by atoms with Crippen LogP contribution in [0.5, 0.6) is 11.5 Å². The van der Waals surface area contributed by atoms with E-state index in [0.29, 0.717) is 5.92 Å². The van der Waals surface area contributed by atoms with Gasteiger partial charge in [-0.3, -0.25) is 0 Å². The monoisotopic (exact) mass is 442 g/mol. The normalized spacial score (nSPS) is 26.6. The average Bonchev–Trinajstić information content (AvgIpc) is 2.74. The first-order valence-electron chi connectivity index (χ1n) is 11.7. The molecule has 0 radical (unpaired) electrons. The van der Waals surface area contributed by atoms with E-state index in [0.717, 1.165) is 30.7 Å². The first-order chi connectivity index (χ1) is 14.8. The molecule has 1 aromatic carbocycles. The Balaban J connectivity index is 1.58. The van der Waals surface area contributed by atoms with Crippen LogP contribution < -0.4 is 9.47 Å². The fourth-order valence-corrected chi connectivity index (χ4v) is 5.13. The van der Waals surface area contributed by atoms with E-state index in [1.54, 1.807) is 6.92 Å². The minimum Gasteiger partial charge on any atom is -0.492 e. The molecule has 2 atom stereocenters. The third kappa shape index (κ3) is 6.17. The van der Waals surface area contributed by atoms with Crippen LogP contribution in [0.15, 0.2) is 24.3 Å². The molecule has 0 N–H and O–H groups in total. The highest BCUT2D eigenvalue weighted by molar-refractivity contribution is 5.44. The predicted octanol–water partition coefficient (Wildman–Crippen LogP) is 7.81. The van der Waals surface area contributed by atoms with Gasteiger partial charge in [0.2, 0.25) is 0 Å². The summed E-state index contributed by atoms with van der Waals surface area (Å²) >= 11 is 0. The van der Waals surface area contributed by atoms with Gasteiger partial charge in [-0.25, -0.2) is 4.39 Å². The minimum atomic E-state index is -4.85. The number of allylic oxidation sites excluding steroid dienone is 1. The molecule has 174 valence electrons. The molecule has 2 aliphatic carbocycles. The molecule has 1 saturated carbocycles. The topological polar surface area (TPSA) is 18.5 Å². The van der Waals surface area contributed by atoms with Crippen molar-refractivity contribution in [2.75, 3.05) is 13.2 Å². The lowest BCUT2D eigenvalue weighted by Gasteiger charge is -2.35. The van der Waals surface area contributed by atoms with E-state index in [1.807, 2.05) is 0 Å². The molecule has 1 aromatic rings. The van der Waals surface area contributed by atoms with E-state index < -0.39 is 29.1 Å². The fourth-order valence-electron chi connectivity index (χ4n) is 5.13. The quantitative estimate of drug-likeness (QED) is 0.302. The fraction of sp³-hybridized carbons (Fsp3) is 0.680. The highest BCUT2D eigenvalue weighted by Gasteiger charge is 2.40. The van der Waals surface area contributed by atoms with Gasteiger partial charge in [0.1, 0.15) is 11.3 Å². The second-order valence-corrected chi connectivity index (χ2v) is 8.95. The van der Waals surface area contributed by atoms with E-state index in [4.69, 9.17) is 9.47 Å². The maximum absolute atomic E-state index is 14.4. The molecule has 2 nitrogen and oxygen atoms in total. The van der Waals surface area contributed by atoms with E-state index in [2.05, 4.69) is 19.1 Å². The number of benzene rings is 1. The molecule has 0 bridgehead atoms. The van der Waals surface area contributed by atoms with Gasteiger partial charge in [0.05, 0.1) is 13.2 Å². The van der Waals surface area contributed by atoms with Crippen LogP contribution in [0.1, 0.15) is 70.8 Å². The molecule has 3 rings (SSSR count). The Labute approximate surface area is 183 Å². The van der Waals surface area contributed by atoms with Gasteiger partial charge in [0, 0.05) is 5.92 Å². The summed E-state index contributed by atoms with van der Waals surface area (Å²) in [6.07, 6.45) is 9.19. The molecular formula is C25H34F4O2. The van der Waals surface area contributed by atoms with Crippen LogP contribution >= 0.6 is 0 Å². The Hall–Kier alpha value is -1.72. The largest absolute Gasteiger partial charge is 0.492 e. The van der Waals surface area contributed by atoms with Crippen molar-refractivity contribution in [1.29, 1.82) is 0 Å². The Morgan fingerprint density at radius 2 is 1.61 bits per heavy atom. The van der Waals surface area contributed by atoms with Gasteiger partial charge in [-0.2, -0.15) is 13.2 Å². The summed E-state index contributed by atoms with van der Waals surface area (Å²) < 4.78 is 65.1. The lowest BCUT2D eigenvalue weighted by Crippen LogP contribution is -2.24. The zero-order valence-corrected chi connectivity index (χ0v) is 18.5. The average molecular weight is 443 g/mol. The second-order valence-electron chi connectivity index (χ2n) is 8.95. The van der Waals surface area contributed by atoms with Crippen LogP contribution in [0.3, 0.4) is 0 Å². The third-order valence-corrected chi connectivity index (χ3v) is 6.80. The summed E-state index contributed by atoms with van der Waals surface area (Å²) in [7, 11) is 0. The van der Waals surface area contributed by atoms with Gasteiger partial charge >= 0.3 is 6.18 Å². The van der Waals surface area contributed by atoms with Gasteiger partial charge < -0.3 is 9.47 Å². The smallest absolute Gasteiger partial charge is 0.422 e. The molecule has 31 heavy (non-hydrogen) atoms. The summed E-state index contributed by atoms with van der Waals surface area (Å²) in [6.45, 7) is 4.04. The number of ether oxygens (including phenoxy) is 2. The van der Waals surface area contributed by atoms with Crippen molar-refractivity contribution in [1.82, 2.24) is 0 Å². The number of alkyl halides is 3. The molecular weight excluding hydrogens is 408 g/mol. The lowest BCUT2D eigenvalue weighted by molar-refractivity contribution is -0.141. The van der Waals surface area contributed by atoms with Crippen LogP contribution in [0.2, 0.25) is 0 Å². The van der Waals surface area contributed by atoms with E-state index >= 15 is 0 Å². The summed E-state index contributed by atoms with van der Waals surface area (Å²) in [5.74, 6) is -0.0781. The van der Waals surface area contributed by atoms with Gasteiger partial charge in [0.15, 0.2) is 11.6 Å². The molecule has 6 heteroatoms. The maximum atomic E-state index is 14.4. The molecule has 0 amide bonds. The van der Waals surface area contributed by atoms with Crippen molar-refractivity contribution in [3.8, 4) is 11.5 Å². The lowest BCUT2D eigenvalue weighted by atomic mass is 9.71. The molecule has 0 aromatic heterocycles. The van der Waals surface area contributed by atoms with Crippen molar-refractivity contribution in [2.45, 2.75) is 71.4 Å². The number of hydrogen-bond acceptors (Lipinski definition) is 2. The highest BCUT2D eigenvalue weighted by Crippen LogP contribution is 2.42. The Kier molecular flexibility index (Phi) is 8.29. The third-order valence-electron chi connectivity index (χ3n) is 6.80. The summed E-state index contributed by atoms with van der Waals surface area (Å²) in [5.41, 5.74) is -1.39. The SMILES string of the molecule is CCCC1CCC(C2C=CC(COc3ccc(OCC)c(F)c3C(F)(F)F)CC2)CC1. The van der Waals surface area contributed by atoms with Gasteiger partial charge in [0.25, 0.3) is 0 Å². The first kappa shape index (κ1) is 23.9. The predicted molar refractivity (Wildman–Crippen MR) is 114 cm³/mol. The second kappa shape index (κ2) is 10.7. The van der Waals surface area contributed by atoms with Gasteiger partial charge in [-0.15, -0.1) is 0 Å². The number of rotatable bonds is 8. The summed E-state index contributed by atoms with van der Waals surface area (Å²) in [5, 5.41) is 0. The van der Waals surface area contributed by atoms with Crippen molar-refractivity contribution in [3.63, 3.8) is 0 Å². The van der Waals surface area contributed by atoms with Crippen LogP contribution in [0, 0.1) is 29.5 Å². The standard InChI is InChI=1S/C25H34F4O2/c1-3-5-17-6-10-19(11-7-17)20-12-8-18(9-13-20)16-31-21-14-15-22(30-4-2)24(26)23(21)25(27,28)29/h8,12,14-15,17-20H,3-7,9-11,13,16H2,1-2H3. The summed E-state index contributed by atoms with van der Waals surface area (Å²) in [6, 6.07) is 2.35. The van der Waals surface area contributed by atoms with E-state index in [-0.39, 0.29) is 19.1 Å². The number of hydrogen-bond donors (Lipinski definition) is 0. The molecule has 0 spiro atoms. The van der Waals surface area contributed by atoms with Crippen LogP contribution in [-0.4, -0.2) is 13.2 Å². The van der Waals surface area contributed by atoms with Crippen molar-refractivity contribution in [2.24, 2.45) is 23.7 Å². The van der Waals surface area contributed by atoms with Crippen molar-refractivity contribution >= 4 is 0 Å². The van der Waals surface area contributed by atoms with Crippen molar-refractivity contribution in [3.05, 3.63) is 35.7 Å². The Morgan fingerprint density at radius 3 is 2.19 bits per heavy atom. The zero-order chi connectivity index (χ0) is 22.4. The van der Waals surface area contributed by atoms with Crippen molar-refractivity contribution < 1.29 is 27.0 Å². The Morgan fingerprint density at radius 1 is 0.903 bits per heavy atom. The maximum Gasteiger partial charge on any atom is 0.422 e. The molecule has 0 saturated heterocycles. The minimum absolute atomic E-state index is 0.0448. The van der Waals surface area contributed by atoms with Gasteiger partial charge in [-0.05, 0) is 62.5 Å². The van der Waals surface area contributed by atoms with Crippen LogP contribution in [0.25, 0.3) is 0 Å². The van der Waals surface area contributed by atoms with Crippen LogP contribution in [-0.2, 0) is 6.18 Å². The molecule has 2 aliphatic rings. The first-order valence-corrected chi connectivity index (χ1v) is 11.7. The number of halogens is 4. The Bertz CT molecular complexity index is 736. The highest BCUT2D eigenvalue weighted by atomic mass is 19.4.